The summed E-state index contributed by atoms with van der Waals surface area (Å²) in [6.45, 7) is -0.521. The molecule has 1 aliphatic rings. The van der Waals surface area contributed by atoms with Crippen LogP contribution in [0.15, 0.2) is 12.3 Å². The fourth-order valence-electron chi connectivity index (χ4n) is 1.74. The Morgan fingerprint density at radius 1 is 1.44 bits per heavy atom. The molecule has 0 aromatic carbocycles. The summed E-state index contributed by atoms with van der Waals surface area (Å²) in [4.78, 5) is 17.1. The predicted octanol–water partition coefficient (Wildman–Crippen LogP) is -1.32. The van der Waals surface area contributed by atoms with E-state index in [1.807, 2.05) is 0 Å². The van der Waals surface area contributed by atoms with Gasteiger partial charge in [0.25, 0.3) is 0 Å². The van der Waals surface area contributed by atoms with Crippen LogP contribution < -0.4 is 0 Å². The summed E-state index contributed by atoms with van der Waals surface area (Å²) in [5, 5.41) is 25.7. The number of aromatic nitrogens is 2. The van der Waals surface area contributed by atoms with Gasteiger partial charge in [0, 0.05) is 6.20 Å². The Bertz CT molecular complexity index is 433. The van der Waals surface area contributed by atoms with Crippen molar-refractivity contribution in [3.63, 3.8) is 0 Å². The highest BCUT2D eigenvalue weighted by Gasteiger charge is 2.44. The lowest BCUT2D eigenvalue weighted by Gasteiger charge is -2.14. The molecule has 0 amide bonds. The van der Waals surface area contributed by atoms with Gasteiger partial charge in [-0.15, -0.1) is 0 Å². The van der Waals surface area contributed by atoms with Crippen molar-refractivity contribution < 1.29 is 33.8 Å². The molecule has 4 atom stereocenters. The van der Waals surface area contributed by atoms with Crippen LogP contribution in [-0.2, 0) is 13.8 Å². The molecule has 5 N–H and O–H groups in total. The molecule has 1 aliphatic heterocycles. The van der Waals surface area contributed by atoms with E-state index in [1.165, 1.54) is 6.20 Å². The van der Waals surface area contributed by atoms with Crippen molar-refractivity contribution in [1.82, 2.24) is 10.2 Å². The van der Waals surface area contributed by atoms with Crippen LogP contribution in [0.5, 0.6) is 0 Å². The summed E-state index contributed by atoms with van der Waals surface area (Å²) in [6.07, 6.45) is -2.94. The van der Waals surface area contributed by atoms with Crippen molar-refractivity contribution in [3.05, 3.63) is 18.0 Å². The van der Waals surface area contributed by atoms with E-state index >= 15 is 0 Å². The van der Waals surface area contributed by atoms with Gasteiger partial charge in [-0.05, 0) is 6.07 Å². The van der Waals surface area contributed by atoms with E-state index in [9.17, 15) is 14.8 Å². The number of phosphoric ester groups is 1. The Kier molecular flexibility index (Phi) is 3.83. The summed E-state index contributed by atoms with van der Waals surface area (Å²) >= 11 is 0. The number of aliphatic hydroxyl groups is 2. The molecule has 0 saturated carbocycles. The molecule has 9 nitrogen and oxygen atoms in total. The molecule has 0 bridgehead atoms. The summed E-state index contributed by atoms with van der Waals surface area (Å²) in [5.41, 5.74) is 0.459. The van der Waals surface area contributed by atoms with Crippen LogP contribution in [0.1, 0.15) is 11.8 Å². The Labute approximate surface area is 102 Å². The van der Waals surface area contributed by atoms with Crippen LogP contribution in [0.2, 0.25) is 0 Å². The Hall–Kier alpha value is -0.800. The fourth-order valence-corrected chi connectivity index (χ4v) is 2.08. The second kappa shape index (κ2) is 5.06. The lowest BCUT2D eigenvalue weighted by molar-refractivity contribution is -0.0235. The smallest absolute Gasteiger partial charge is 0.387 e. The lowest BCUT2D eigenvalue weighted by atomic mass is 10.1. The molecule has 18 heavy (non-hydrogen) atoms. The van der Waals surface area contributed by atoms with Gasteiger partial charge in [0.2, 0.25) is 0 Å². The summed E-state index contributed by atoms with van der Waals surface area (Å²) in [6, 6.07) is 1.56. The van der Waals surface area contributed by atoms with E-state index in [4.69, 9.17) is 14.5 Å². The van der Waals surface area contributed by atoms with Crippen LogP contribution in [-0.4, -0.2) is 55.1 Å². The molecule has 1 aromatic heterocycles. The quantitative estimate of drug-likeness (QED) is 0.427. The van der Waals surface area contributed by atoms with Crippen molar-refractivity contribution in [2.75, 3.05) is 6.61 Å². The fraction of sp³-hybridized carbons (Fsp3) is 0.625. The van der Waals surface area contributed by atoms with E-state index in [2.05, 4.69) is 14.7 Å². The minimum absolute atomic E-state index is 0.459. The van der Waals surface area contributed by atoms with Gasteiger partial charge in [-0.2, -0.15) is 5.10 Å². The first-order chi connectivity index (χ1) is 8.38. The number of hydrogen-bond acceptors (Lipinski definition) is 6. The molecular formula is C8H13N2O7P. The van der Waals surface area contributed by atoms with Crippen molar-refractivity contribution in [2.24, 2.45) is 0 Å². The lowest BCUT2D eigenvalue weighted by Crippen LogP contribution is -2.33. The number of phosphoric acid groups is 1. The van der Waals surface area contributed by atoms with Gasteiger partial charge >= 0.3 is 7.82 Å². The van der Waals surface area contributed by atoms with Crippen molar-refractivity contribution in [3.8, 4) is 0 Å². The molecule has 0 unspecified atom stereocenters. The molecule has 1 aromatic rings. The molecule has 0 spiro atoms. The number of aliphatic hydroxyl groups excluding tert-OH is 2. The SMILES string of the molecule is O=P(O)(O)OC[C@H]1O[C@@H](c2ccn[nH]2)[C@H](O)[C@@H]1O. The first kappa shape index (κ1) is 13.6. The second-order valence-electron chi connectivity index (χ2n) is 3.87. The van der Waals surface area contributed by atoms with Crippen molar-refractivity contribution >= 4 is 7.82 Å². The third-order valence-corrected chi connectivity index (χ3v) is 3.08. The van der Waals surface area contributed by atoms with Crippen molar-refractivity contribution in [2.45, 2.75) is 24.4 Å². The number of nitrogens with one attached hydrogen (secondary N) is 1. The summed E-state index contributed by atoms with van der Waals surface area (Å²) in [7, 11) is -4.64. The largest absolute Gasteiger partial charge is 0.469 e. The molecule has 0 radical (unpaired) electrons. The van der Waals surface area contributed by atoms with Gasteiger partial charge in [-0.1, -0.05) is 0 Å². The molecule has 1 fully saturated rings. The number of nitrogens with zero attached hydrogens (tertiary/aromatic N) is 1. The molecule has 102 valence electrons. The average molecular weight is 280 g/mol. The first-order valence-electron chi connectivity index (χ1n) is 5.09. The summed E-state index contributed by atoms with van der Waals surface area (Å²) in [5.74, 6) is 0. The van der Waals surface area contributed by atoms with Crippen LogP contribution in [0, 0.1) is 0 Å². The van der Waals surface area contributed by atoms with Gasteiger partial charge < -0.3 is 24.7 Å². The van der Waals surface area contributed by atoms with Gasteiger partial charge in [0.05, 0.1) is 12.3 Å². The highest BCUT2D eigenvalue weighted by Crippen LogP contribution is 2.39. The molecule has 0 aliphatic carbocycles. The van der Waals surface area contributed by atoms with E-state index in [1.54, 1.807) is 6.07 Å². The van der Waals surface area contributed by atoms with Crippen molar-refractivity contribution in [1.29, 1.82) is 0 Å². The van der Waals surface area contributed by atoms with Crippen LogP contribution in [0.3, 0.4) is 0 Å². The normalized spacial score (nSPS) is 32.9. The standard InChI is InChI=1S/C8H13N2O7P/c11-6-5(3-16-18(13,14)15)17-8(7(6)12)4-1-2-9-10-4/h1-2,5-8,11-12H,3H2,(H,9,10)(H2,13,14,15)/t5-,6-,7-,8+/m1/s1. The maximum absolute atomic E-state index is 10.5. The number of H-pyrrole nitrogens is 1. The number of aromatic amines is 1. The van der Waals surface area contributed by atoms with Gasteiger partial charge in [0.1, 0.15) is 24.4 Å². The monoisotopic (exact) mass is 280 g/mol. The van der Waals surface area contributed by atoms with E-state index < -0.39 is 38.8 Å². The zero-order valence-corrected chi connectivity index (χ0v) is 9.97. The zero-order valence-electron chi connectivity index (χ0n) is 9.08. The zero-order chi connectivity index (χ0) is 13.3. The average Bonchev–Trinajstić information content (AvgIpc) is 2.87. The highest BCUT2D eigenvalue weighted by atomic mass is 31.2. The minimum Gasteiger partial charge on any atom is -0.387 e. The number of hydrogen-bond donors (Lipinski definition) is 5. The minimum atomic E-state index is -4.64. The molecular weight excluding hydrogens is 267 g/mol. The van der Waals surface area contributed by atoms with E-state index in [0.717, 1.165) is 0 Å². The molecule has 1 saturated heterocycles. The molecule has 10 heteroatoms. The third kappa shape index (κ3) is 2.96. The number of rotatable bonds is 4. The maximum atomic E-state index is 10.5. The topological polar surface area (TPSA) is 145 Å². The first-order valence-corrected chi connectivity index (χ1v) is 6.62. The third-order valence-electron chi connectivity index (χ3n) is 2.60. The second-order valence-corrected chi connectivity index (χ2v) is 5.11. The van der Waals surface area contributed by atoms with Gasteiger partial charge in [0.15, 0.2) is 0 Å². The number of ether oxygens (including phenoxy) is 1. The van der Waals surface area contributed by atoms with Crippen LogP contribution >= 0.6 is 7.82 Å². The van der Waals surface area contributed by atoms with Gasteiger partial charge in [-0.3, -0.25) is 9.62 Å². The Morgan fingerprint density at radius 2 is 2.17 bits per heavy atom. The van der Waals surface area contributed by atoms with E-state index in [0.29, 0.717) is 5.69 Å². The highest BCUT2D eigenvalue weighted by molar-refractivity contribution is 7.46. The Balaban J connectivity index is 2.01. The van der Waals surface area contributed by atoms with Crippen LogP contribution in [0.4, 0.5) is 0 Å². The molecule has 2 rings (SSSR count). The van der Waals surface area contributed by atoms with E-state index in [-0.39, 0.29) is 0 Å². The van der Waals surface area contributed by atoms with Gasteiger partial charge in [-0.25, -0.2) is 4.57 Å². The predicted molar refractivity (Wildman–Crippen MR) is 56.2 cm³/mol. The Morgan fingerprint density at radius 3 is 2.72 bits per heavy atom. The maximum Gasteiger partial charge on any atom is 0.469 e. The summed E-state index contributed by atoms with van der Waals surface area (Å²) < 4.78 is 20.1. The van der Waals surface area contributed by atoms with Crippen LogP contribution in [0.25, 0.3) is 0 Å². The molecule has 2 heterocycles.